The van der Waals surface area contributed by atoms with Crippen molar-refractivity contribution < 1.29 is 4.74 Å². The van der Waals surface area contributed by atoms with E-state index < -0.39 is 0 Å². The normalized spacial score (nSPS) is 14.5. The molecule has 0 fully saturated rings. The van der Waals surface area contributed by atoms with E-state index in [1.54, 1.807) is 0 Å². The van der Waals surface area contributed by atoms with Gasteiger partial charge in [0.05, 0.1) is 13.2 Å². The van der Waals surface area contributed by atoms with Gasteiger partial charge in [0.25, 0.3) is 0 Å². The molecule has 0 amide bonds. The fraction of sp³-hybridized carbons (Fsp3) is 0.889. The molecule has 1 atom stereocenters. The zero-order valence-corrected chi connectivity index (χ0v) is 8.00. The lowest BCUT2D eigenvalue weighted by atomic mass is 10.1. The number of hydrogen-bond donors (Lipinski definition) is 1. The minimum absolute atomic E-state index is 0.157. The zero-order valence-electron chi connectivity index (χ0n) is 8.00. The van der Waals surface area contributed by atoms with Crippen LogP contribution in [0.1, 0.15) is 27.7 Å². The minimum atomic E-state index is 0.157. The first kappa shape index (κ1) is 10.9. The number of nitrogens with two attached hydrogens (primary N) is 1. The molecule has 0 aromatic carbocycles. The van der Waals surface area contributed by atoms with Crippen LogP contribution in [0.5, 0.6) is 0 Å². The van der Waals surface area contributed by atoms with Crippen molar-refractivity contribution in [3.05, 3.63) is 6.61 Å². The highest BCUT2D eigenvalue weighted by molar-refractivity contribution is 4.65. The maximum atomic E-state index is 5.76. The smallest absolute Gasteiger partial charge is 0.0862 e. The first-order chi connectivity index (χ1) is 5.04. The fourth-order valence-corrected chi connectivity index (χ4v) is 0.552. The molecule has 0 rings (SSSR count). The van der Waals surface area contributed by atoms with Gasteiger partial charge in [-0.2, -0.15) is 0 Å². The Morgan fingerprint density at radius 1 is 1.27 bits per heavy atom. The van der Waals surface area contributed by atoms with Crippen LogP contribution in [0.2, 0.25) is 0 Å². The SMILES string of the molecule is CC(C)[CH]OC[C@@H](N)C(C)C. The predicted molar refractivity (Wildman–Crippen MR) is 47.9 cm³/mol. The Bertz CT molecular complexity index is 91.6. The van der Waals surface area contributed by atoms with E-state index in [0.29, 0.717) is 18.4 Å². The standard InChI is InChI=1S/C9H20NO/c1-7(2)5-11-6-9(10)8(3)4/h5,7-9H,6,10H2,1-4H3/t9-/m1/s1. The van der Waals surface area contributed by atoms with Gasteiger partial charge < -0.3 is 10.5 Å². The Labute approximate surface area is 70.1 Å². The van der Waals surface area contributed by atoms with Gasteiger partial charge in [-0.1, -0.05) is 27.7 Å². The molecule has 2 nitrogen and oxygen atoms in total. The van der Waals surface area contributed by atoms with Crippen LogP contribution in [0.4, 0.5) is 0 Å². The van der Waals surface area contributed by atoms with E-state index in [9.17, 15) is 0 Å². The quantitative estimate of drug-likeness (QED) is 0.662. The number of ether oxygens (including phenoxy) is 1. The Balaban J connectivity index is 3.24. The third-order valence-electron chi connectivity index (χ3n) is 1.51. The summed E-state index contributed by atoms with van der Waals surface area (Å²) in [5.41, 5.74) is 5.76. The topological polar surface area (TPSA) is 35.2 Å². The Hall–Kier alpha value is -0.0800. The van der Waals surface area contributed by atoms with Gasteiger partial charge in [-0.3, -0.25) is 0 Å². The first-order valence-electron chi connectivity index (χ1n) is 4.24. The Morgan fingerprint density at radius 2 is 1.82 bits per heavy atom. The highest BCUT2D eigenvalue weighted by Crippen LogP contribution is 2.03. The predicted octanol–water partition coefficient (Wildman–Crippen LogP) is 1.80. The molecule has 0 bridgehead atoms. The van der Waals surface area contributed by atoms with Crippen LogP contribution in [-0.4, -0.2) is 12.6 Å². The number of rotatable bonds is 5. The molecule has 1 radical (unpaired) electrons. The lowest BCUT2D eigenvalue weighted by Gasteiger charge is -2.15. The van der Waals surface area contributed by atoms with Gasteiger partial charge in [0.2, 0.25) is 0 Å². The van der Waals surface area contributed by atoms with Crippen molar-refractivity contribution in [2.45, 2.75) is 33.7 Å². The maximum absolute atomic E-state index is 5.76. The summed E-state index contributed by atoms with van der Waals surface area (Å²) in [7, 11) is 0. The summed E-state index contributed by atoms with van der Waals surface area (Å²) >= 11 is 0. The van der Waals surface area contributed by atoms with Gasteiger partial charge >= 0.3 is 0 Å². The Morgan fingerprint density at radius 3 is 2.18 bits per heavy atom. The van der Waals surface area contributed by atoms with Crippen molar-refractivity contribution in [1.29, 1.82) is 0 Å². The second kappa shape index (κ2) is 5.56. The number of hydrogen-bond acceptors (Lipinski definition) is 2. The molecule has 0 aromatic rings. The highest BCUT2D eigenvalue weighted by Gasteiger charge is 2.07. The zero-order chi connectivity index (χ0) is 8.85. The Kier molecular flexibility index (Phi) is 5.51. The summed E-state index contributed by atoms with van der Waals surface area (Å²) in [6, 6.07) is 0.157. The van der Waals surface area contributed by atoms with Gasteiger partial charge in [0.15, 0.2) is 0 Å². The van der Waals surface area contributed by atoms with E-state index in [1.807, 2.05) is 6.61 Å². The third-order valence-corrected chi connectivity index (χ3v) is 1.51. The van der Waals surface area contributed by atoms with Crippen LogP contribution in [0.3, 0.4) is 0 Å². The van der Waals surface area contributed by atoms with Crippen molar-refractivity contribution in [2.24, 2.45) is 17.6 Å². The minimum Gasteiger partial charge on any atom is -0.374 e. The van der Waals surface area contributed by atoms with E-state index in [0.717, 1.165) is 0 Å². The van der Waals surface area contributed by atoms with E-state index in [-0.39, 0.29) is 6.04 Å². The van der Waals surface area contributed by atoms with Crippen LogP contribution in [-0.2, 0) is 4.74 Å². The monoisotopic (exact) mass is 158 g/mol. The van der Waals surface area contributed by atoms with Crippen molar-refractivity contribution >= 4 is 0 Å². The molecule has 0 aromatic heterocycles. The van der Waals surface area contributed by atoms with E-state index in [2.05, 4.69) is 27.7 Å². The molecule has 0 aliphatic rings. The first-order valence-corrected chi connectivity index (χ1v) is 4.24. The summed E-state index contributed by atoms with van der Waals surface area (Å²) < 4.78 is 5.27. The molecular weight excluding hydrogens is 138 g/mol. The second-order valence-corrected chi connectivity index (χ2v) is 3.62. The van der Waals surface area contributed by atoms with Crippen molar-refractivity contribution in [2.75, 3.05) is 6.61 Å². The molecule has 0 saturated heterocycles. The van der Waals surface area contributed by atoms with Crippen LogP contribution >= 0.6 is 0 Å². The second-order valence-electron chi connectivity index (χ2n) is 3.62. The fourth-order valence-electron chi connectivity index (χ4n) is 0.552. The summed E-state index contributed by atoms with van der Waals surface area (Å²) in [5, 5.41) is 0. The molecule has 0 aliphatic heterocycles. The van der Waals surface area contributed by atoms with Crippen LogP contribution in [0, 0.1) is 18.4 Å². The van der Waals surface area contributed by atoms with E-state index in [1.165, 1.54) is 0 Å². The van der Waals surface area contributed by atoms with Crippen LogP contribution < -0.4 is 5.73 Å². The van der Waals surface area contributed by atoms with Crippen LogP contribution in [0.25, 0.3) is 0 Å². The van der Waals surface area contributed by atoms with Gasteiger partial charge in [0, 0.05) is 6.04 Å². The molecule has 0 saturated carbocycles. The molecule has 2 N–H and O–H groups in total. The summed E-state index contributed by atoms with van der Waals surface area (Å²) in [5.74, 6) is 0.977. The van der Waals surface area contributed by atoms with Gasteiger partial charge in [-0.15, -0.1) is 0 Å². The highest BCUT2D eigenvalue weighted by atomic mass is 16.5. The molecule has 11 heavy (non-hydrogen) atoms. The lowest BCUT2D eigenvalue weighted by molar-refractivity contribution is 0.145. The summed E-state index contributed by atoms with van der Waals surface area (Å²) in [6.45, 7) is 10.8. The lowest BCUT2D eigenvalue weighted by Crippen LogP contribution is -2.31. The van der Waals surface area contributed by atoms with Gasteiger partial charge in [-0.25, -0.2) is 0 Å². The molecule has 0 heterocycles. The molecule has 0 spiro atoms. The molecular formula is C9H20NO. The van der Waals surface area contributed by atoms with Gasteiger partial charge in [0.1, 0.15) is 0 Å². The van der Waals surface area contributed by atoms with Gasteiger partial charge in [-0.05, 0) is 11.8 Å². The average molecular weight is 158 g/mol. The van der Waals surface area contributed by atoms with Crippen molar-refractivity contribution in [3.63, 3.8) is 0 Å². The van der Waals surface area contributed by atoms with Crippen molar-refractivity contribution in [3.8, 4) is 0 Å². The molecule has 0 unspecified atom stereocenters. The summed E-state index contributed by atoms with van der Waals surface area (Å²) in [4.78, 5) is 0. The maximum Gasteiger partial charge on any atom is 0.0862 e. The average Bonchev–Trinajstić information content (AvgIpc) is 1.86. The molecule has 67 valence electrons. The third kappa shape index (κ3) is 6.32. The molecule has 0 aliphatic carbocycles. The van der Waals surface area contributed by atoms with Crippen molar-refractivity contribution in [1.82, 2.24) is 0 Å². The summed E-state index contributed by atoms with van der Waals surface area (Å²) in [6.07, 6.45) is 0. The van der Waals surface area contributed by atoms with Crippen LogP contribution in [0.15, 0.2) is 0 Å². The van der Waals surface area contributed by atoms with E-state index in [4.69, 9.17) is 10.5 Å². The largest absolute Gasteiger partial charge is 0.374 e. The van der Waals surface area contributed by atoms with E-state index >= 15 is 0 Å². The molecule has 2 heteroatoms.